The first-order chi connectivity index (χ1) is 27.6. The van der Waals surface area contributed by atoms with Gasteiger partial charge in [-0.25, -0.2) is 17.6 Å². The smallest absolute Gasteiger partial charge is 0.404 e. The Morgan fingerprint density at radius 2 is 1.61 bits per heavy atom. The summed E-state index contributed by atoms with van der Waals surface area (Å²) in [7, 11) is -3.54. The zero-order valence-corrected chi connectivity index (χ0v) is 33.8. The standard InChI is InChI=1S/C43H59FN6O6S/c44-35-6-1-5-34(25-35)43(31-48-17-4-18-48,39-7-2-8-40(39)45-42(52)53)33-14-19-47(20-15-33)26-32-27-49(28-32)36-10-12-37(13-11-36)57(54,55)38-29-50(30-38)41(51)9-3-16-46-21-23-56-24-22-46/h1,3,5-6,9-13,25,32-33,38-40,45H,2,4,7-8,14-24,26-31H2,(H,52,53)/b9-3+/t39-,40-,43-/m0/s1. The van der Waals surface area contributed by atoms with Crippen LogP contribution in [0.3, 0.4) is 0 Å². The van der Waals surface area contributed by atoms with Gasteiger partial charge in [0.15, 0.2) is 9.84 Å². The molecule has 5 heterocycles. The third-order valence-electron chi connectivity index (χ3n) is 13.9. The Hall–Kier alpha value is -3.56. The minimum Gasteiger partial charge on any atom is -0.465 e. The Labute approximate surface area is 336 Å². The van der Waals surface area contributed by atoms with E-state index in [2.05, 4.69) is 31.0 Å². The fraction of sp³-hybridized carbons (Fsp3) is 0.628. The summed E-state index contributed by atoms with van der Waals surface area (Å²) in [5, 5.41) is 12.1. The lowest BCUT2D eigenvalue weighted by Crippen LogP contribution is -2.60. The molecule has 2 aromatic rings. The van der Waals surface area contributed by atoms with Crippen LogP contribution in [0.15, 0.2) is 65.6 Å². The van der Waals surface area contributed by atoms with E-state index >= 15 is 0 Å². The molecule has 0 spiro atoms. The lowest BCUT2D eigenvalue weighted by Gasteiger charge is -2.54. The third-order valence-corrected chi connectivity index (χ3v) is 16.0. The van der Waals surface area contributed by atoms with Gasteiger partial charge in [-0.15, -0.1) is 0 Å². The highest BCUT2D eigenvalue weighted by atomic mass is 32.2. The van der Waals surface area contributed by atoms with Crippen molar-refractivity contribution >= 4 is 27.5 Å². The lowest BCUT2D eigenvalue weighted by molar-refractivity contribution is -0.129. The van der Waals surface area contributed by atoms with E-state index in [4.69, 9.17) is 4.74 Å². The number of nitrogens with zero attached hydrogens (tertiary/aromatic N) is 5. The van der Waals surface area contributed by atoms with Gasteiger partial charge in [0, 0.05) is 88.0 Å². The summed E-state index contributed by atoms with van der Waals surface area (Å²) in [6.45, 7) is 11.9. The zero-order chi connectivity index (χ0) is 39.6. The second-order valence-corrected chi connectivity index (χ2v) is 19.6. The van der Waals surface area contributed by atoms with Gasteiger partial charge in [-0.05, 0) is 112 Å². The molecular weight excluding hydrogens is 748 g/mol. The summed E-state index contributed by atoms with van der Waals surface area (Å²) in [6, 6.07) is 14.3. The number of halogens is 1. The van der Waals surface area contributed by atoms with Crippen molar-refractivity contribution in [3.63, 3.8) is 0 Å². The van der Waals surface area contributed by atoms with Gasteiger partial charge >= 0.3 is 6.09 Å². The molecule has 0 unspecified atom stereocenters. The molecule has 0 bridgehead atoms. The molecule has 1 saturated carbocycles. The van der Waals surface area contributed by atoms with Crippen molar-refractivity contribution in [3.8, 4) is 0 Å². The van der Waals surface area contributed by atoms with E-state index < -0.39 is 21.2 Å². The molecule has 1 aliphatic carbocycles. The third kappa shape index (κ3) is 8.76. The summed E-state index contributed by atoms with van der Waals surface area (Å²) in [5.41, 5.74) is 1.71. The van der Waals surface area contributed by atoms with Crippen molar-refractivity contribution in [1.29, 1.82) is 0 Å². The maximum absolute atomic E-state index is 15.0. The highest BCUT2D eigenvalue weighted by Crippen LogP contribution is 2.51. The van der Waals surface area contributed by atoms with Crippen LogP contribution < -0.4 is 10.2 Å². The number of piperidine rings is 1. The van der Waals surface area contributed by atoms with E-state index in [-0.39, 0.29) is 42.2 Å². The zero-order valence-electron chi connectivity index (χ0n) is 33.0. The molecule has 2 aromatic carbocycles. The average molecular weight is 807 g/mol. The van der Waals surface area contributed by atoms with Crippen molar-refractivity contribution in [2.24, 2.45) is 17.8 Å². The number of morpholine rings is 1. The Balaban J connectivity index is 0.835. The van der Waals surface area contributed by atoms with Crippen LogP contribution in [0.2, 0.25) is 0 Å². The van der Waals surface area contributed by atoms with Crippen LogP contribution in [-0.2, 0) is 24.8 Å². The molecule has 57 heavy (non-hydrogen) atoms. The van der Waals surface area contributed by atoms with Gasteiger partial charge in [-0.2, -0.15) is 0 Å². The number of sulfone groups is 1. The Morgan fingerprint density at radius 3 is 2.28 bits per heavy atom. The summed E-state index contributed by atoms with van der Waals surface area (Å²) in [6.07, 6.45) is 8.30. The van der Waals surface area contributed by atoms with Crippen LogP contribution in [0, 0.1) is 23.6 Å². The van der Waals surface area contributed by atoms with Crippen LogP contribution in [0.5, 0.6) is 0 Å². The van der Waals surface area contributed by atoms with Gasteiger partial charge < -0.3 is 34.8 Å². The fourth-order valence-electron chi connectivity index (χ4n) is 10.6. The van der Waals surface area contributed by atoms with Crippen molar-refractivity contribution in [1.82, 2.24) is 24.9 Å². The van der Waals surface area contributed by atoms with Crippen LogP contribution in [0.25, 0.3) is 0 Å². The topological polar surface area (TPSA) is 126 Å². The maximum atomic E-state index is 15.0. The van der Waals surface area contributed by atoms with Crippen LogP contribution in [0.1, 0.15) is 44.1 Å². The molecule has 6 aliphatic rings. The first-order valence-electron chi connectivity index (χ1n) is 21.1. The first-order valence-corrected chi connectivity index (χ1v) is 22.7. The number of rotatable bonds is 14. The molecule has 3 atom stereocenters. The molecule has 8 rings (SSSR count). The Bertz CT molecular complexity index is 1850. The molecule has 2 N–H and O–H groups in total. The number of likely N-dealkylation sites (tertiary alicyclic amines) is 3. The molecule has 14 heteroatoms. The molecule has 12 nitrogen and oxygen atoms in total. The average Bonchev–Trinajstić information content (AvgIpc) is 3.60. The first kappa shape index (κ1) is 40.2. The monoisotopic (exact) mass is 806 g/mol. The van der Waals surface area contributed by atoms with Gasteiger partial charge in [-0.1, -0.05) is 24.6 Å². The van der Waals surface area contributed by atoms with Gasteiger partial charge in [-0.3, -0.25) is 9.69 Å². The van der Waals surface area contributed by atoms with Crippen molar-refractivity contribution < 1.29 is 32.2 Å². The highest BCUT2D eigenvalue weighted by molar-refractivity contribution is 7.92. The molecule has 0 aromatic heterocycles. The normalized spacial score (nSPS) is 25.8. The molecular formula is C43H59FN6O6S. The highest BCUT2D eigenvalue weighted by Gasteiger charge is 2.53. The van der Waals surface area contributed by atoms with E-state index in [1.807, 2.05) is 24.3 Å². The van der Waals surface area contributed by atoms with E-state index in [9.17, 15) is 27.5 Å². The second-order valence-electron chi connectivity index (χ2n) is 17.3. The van der Waals surface area contributed by atoms with E-state index in [0.29, 0.717) is 36.5 Å². The maximum Gasteiger partial charge on any atom is 0.404 e. The van der Waals surface area contributed by atoms with Crippen molar-refractivity contribution in [2.75, 3.05) is 103 Å². The SMILES string of the molecule is O=C(O)N[C@H]1CCC[C@@H]1[C@](CN1CCC1)(c1cccc(F)c1)C1CCN(CC2CN(c3ccc(S(=O)(=O)C4CN(C(=O)/C=C/CN5CCOCC5)C4)cc3)C2)CC1. The predicted molar refractivity (Wildman–Crippen MR) is 217 cm³/mol. The van der Waals surface area contributed by atoms with Crippen LogP contribution in [0.4, 0.5) is 14.9 Å². The number of benzene rings is 2. The lowest BCUT2D eigenvalue weighted by atomic mass is 9.57. The Morgan fingerprint density at radius 1 is 0.877 bits per heavy atom. The predicted octanol–water partition coefficient (Wildman–Crippen LogP) is 3.93. The van der Waals surface area contributed by atoms with Crippen molar-refractivity contribution in [3.05, 3.63) is 72.1 Å². The number of anilines is 1. The number of carbonyl (C=O) groups is 2. The summed E-state index contributed by atoms with van der Waals surface area (Å²) in [5.74, 6) is 0.565. The molecule has 310 valence electrons. The van der Waals surface area contributed by atoms with Gasteiger partial charge in [0.05, 0.1) is 18.1 Å². The van der Waals surface area contributed by atoms with Gasteiger partial charge in [0.25, 0.3) is 0 Å². The fourth-order valence-corrected chi connectivity index (χ4v) is 12.3. The quantitative estimate of drug-likeness (QED) is 0.272. The molecule has 5 aliphatic heterocycles. The summed E-state index contributed by atoms with van der Waals surface area (Å²) in [4.78, 5) is 36.0. The molecule has 6 fully saturated rings. The number of hydrogen-bond donors (Lipinski definition) is 2. The Kier molecular flexibility index (Phi) is 12.2. The summed E-state index contributed by atoms with van der Waals surface area (Å²) >= 11 is 0. The number of carboxylic acid groups (broad SMARTS) is 1. The van der Waals surface area contributed by atoms with E-state index in [1.165, 1.54) is 12.5 Å². The largest absolute Gasteiger partial charge is 0.465 e. The van der Waals surface area contributed by atoms with Crippen molar-refractivity contribution in [2.45, 2.75) is 60.1 Å². The molecule has 0 radical (unpaired) electrons. The number of amides is 2. The number of hydrogen-bond acceptors (Lipinski definition) is 9. The van der Waals surface area contributed by atoms with Crippen LogP contribution >= 0.6 is 0 Å². The second kappa shape index (κ2) is 17.3. The summed E-state index contributed by atoms with van der Waals surface area (Å²) < 4.78 is 47.1. The van der Waals surface area contributed by atoms with Crippen LogP contribution in [-0.4, -0.2) is 155 Å². The van der Waals surface area contributed by atoms with Gasteiger partial charge in [0.2, 0.25) is 5.91 Å². The molecule has 2 amide bonds. The number of carbonyl (C=O) groups excluding carboxylic acids is 1. The van der Waals surface area contributed by atoms with E-state index in [1.54, 1.807) is 29.2 Å². The minimum absolute atomic E-state index is 0.111. The molecule has 5 saturated heterocycles. The number of ether oxygens (including phenoxy) is 1. The minimum atomic E-state index is -3.54. The van der Waals surface area contributed by atoms with E-state index in [0.717, 1.165) is 109 Å². The van der Waals surface area contributed by atoms with Gasteiger partial charge in [0.1, 0.15) is 11.1 Å². The number of nitrogens with one attached hydrogen (secondary N) is 1.